The van der Waals surface area contributed by atoms with Gasteiger partial charge in [-0.05, 0) is 31.2 Å². The molecule has 0 aliphatic carbocycles. The van der Waals surface area contributed by atoms with E-state index in [9.17, 15) is 22.8 Å². The number of halogens is 3. The second kappa shape index (κ2) is 9.65. The van der Waals surface area contributed by atoms with Crippen LogP contribution in [0.1, 0.15) is 29.1 Å². The van der Waals surface area contributed by atoms with E-state index in [0.717, 1.165) is 30.0 Å². The molecule has 0 spiro atoms. The molecule has 3 aromatic rings. The third-order valence-electron chi connectivity index (χ3n) is 4.26. The van der Waals surface area contributed by atoms with E-state index >= 15 is 0 Å². The molecule has 0 saturated heterocycles. The number of carbonyl (C=O) groups is 2. The van der Waals surface area contributed by atoms with Crippen LogP contribution >= 0.6 is 11.8 Å². The molecule has 0 aliphatic heterocycles. The molecule has 1 aromatic heterocycles. The normalized spacial score (nSPS) is 11.8. The molecule has 7 nitrogen and oxygen atoms in total. The highest BCUT2D eigenvalue weighted by atomic mass is 32.2. The van der Waals surface area contributed by atoms with Gasteiger partial charge < -0.3 is 15.2 Å². The van der Waals surface area contributed by atoms with Crippen LogP contribution in [0.2, 0.25) is 0 Å². The van der Waals surface area contributed by atoms with Crippen molar-refractivity contribution in [3.8, 4) is 0 Å². The zero-order valence-corrected chi connectivity index (χ0v) is 17.3. The SMILES string of the molecule is C[C@@H](NC(=O)c1ccccc1F)c1nnc(SCC(=O)Nc2cc(F)ccc2F)n1C. The minimum atomic E-state index is -0.750. The van der Waals surface area contributed by atoms with Crippen LogP contribution in [-0.4, -0.2) is 32.3 Å². The van der Waals surface area contributed by atoms with Gasteiger partial charge in [-0.2, -0.15) is 0 Å². The highest BCUT2D eigenvalue weighted by Crippen LogP contribution is 2.21. The Bertz CT molecular complexity index is 1120. The second-order valence-corrected chi connectivity index (χ2v) is 7.48. The predicted octanol–water partition coefficient (Wildman–Crippen LogP) is 3.45. The molecule has 31 heavy (non-hydrogen) atoms. The number of amides is 2. The van der Waals surface area contributed by atoms with Gasteiger partial charge in [-0.15, -0.1) is 10.2 Å². The van der Waals surface area contributed by atoms with Gasteiger partial charge in [0.2, 0.25) is 5.91 Å². The fraction of sp³-hybridized carbons (Fsp3) is 0.200. The van der Waals surface area contributed by atoms with Gasteiger partial charge in [-0.25, -0.2) is 13.2 Å². The Labute approximate surface area is 180 Å². The summed E-state index contributed by atoms with van der Waals surface area (Å²) in [6.07, 6.45) is 0. The lowest BCUT2D eigenvalue weighted by molar-refractivity contribution is -0.113. The summed E-state index contributed by atoms with van der Waals surface area (Å²) >= 11 is 1.03. The second-order valence-electron chi connectivity index (χ2n) is 6.54. The number of aromatic nitrogens is 3. The number of nitrogens with one attached hydrogen (secondary N) is 2. The van der Waals surface area contributed by atoms with Crippen molar-refractivity contribution in [3.05, 3.63) is 71.3 Å². The first-order valence-corrected chi connectivity index (χ1v) is 10.1. The standard InChI is InChI=1S/C20H18F3N5O2S/c1-11(24-19(30)13-5-3-4-6-14(13)22)18-26-27-20(28(18)2)31-10-17(29)25-16-9-12(21)7-8-15(16)23/h3-9,11H,10H2,1-2H3,(H,24,30)(H,25,29)/t11-/m1/s1. The molecule has 0 aliphatic rings. The van der Waals surface area contributed by atoms with Crippen molar-refractivity contribution < 1.29 is 22.8 Å². The average molecular weight is 449 g/mol. The molecule has 2 N–H and O–H groups in total. The van der Waals surface area contributed by atoms with E-state index in [1.807, 2.05) is 0 Å². The molecule has 11 heteroatoms. The van der Waals surface area contributed by atoms with E-state index in [4.69, 9.17) is 0 Å². The van der Waals surface area contributed by atoms with Crippen molar-refractivity contribution in [2.45, 2.75) is 18.1 Å². The Balaban J connectivity index is 1.60. The number of hydrogen-bond acceptors (Lipinski definition) is 5. The largest absolute Gasteiger partial charge is 0.342 e. The number of hydrogen-bond donors (Lipinski definition) is 2. The average Bonchev–Trinajstić information content (AvgIpc) is 3.10. The van der Waals surface area contributed by atoms with E-state index in [2.05, 4.69) is 20.8 Å². The van der Waals surface area contributed by atoms with Crippen molar-refractivity contribution in [3.63, 3.8) is 0 Å². The molecule has 2 amide bonds. The molecule has 1 heterocycles. The molecular weight excluding hydrogens is 431 g/mol. The summed E-state index contributed by atoms with van der Waals surface area (Å²) in [5.74, 6) is -2.95. The van der Waals surface area contributed by atoms with Crippen LogP contribution < -0.4 is 10.6 Å². The molecular formula is C20H18F3N5O2S. The van der Waals surface area contributed by atoms with Crippen LogP contribution in [0.3, 0.4) is 0 Å². The number of thioether (sulfide) groups is 1. The van der Waals surface area contributed by atoms with E-state index < -0.39 is 35.3 Å². The maximum atomic E-state index is 13.8. The molecule has 1 atom stereocenters. The Hall–Kier alpha value is -3.34. The van der Waals surface area contributed by atoms with Crippen molar-refractivity contribution in [1.29, 1.82) is 0 Å². The van der Waals surface area contributed by atoms with E-state index in [-0.39, 0.29) is 17.0 Å². The Kier molecular flexibility index (Phi) is 6.95. The maximum absolute atomic E-state index is 13.8. The monoisotopic (exact) mass is 449 g/mol. The molecule has 0 fully saturated rings. The van der Waals surface area contributed by atoms with Crippen LogP contribution in [0.4, 0.5) is 18.9 Å². The highest BCUT2D eigenvalue weighted by Gasteiger charge is 2.20. The van der Waals surface area contributed by atoms with E-state index in [0.29, 0.717) is 11.0 Å². The van der Waals surface area contributed by atoms with E-state index in [1.54, 1.807) is 24.6 Å². The fourth-order valence-corrected chi connectivity index (χ4v) is 3.44. The zero-order valence-electron chi connectivity index (χ0n) is 16.5. The van der Waals surface area contributed by atoms with Gasteiger partial charge in [-0.3, -0.25) is 9.59 Å². The third kappa shape index (κ3) is 5.43. The van der Waals surface area contributed by atoms with Gasteiger partial charge in [-0.1, -0.05) is 23.9 Å². The van der Waals surface area contributed by atoms with Crippen molar-refractivity contribution in [2.24, 2.45) is 7.05 Å². The van der Waals surface area contributed by atoms with Gasteiger partial charge in [0.1, 0.15) is 17.5 Å². The Morgan fingerprint density at radius 1 is 1.10 bits per heavy atom. The van der Waals surface area contributed by atoms with E-state index in [1.165, 1.54) is 18.2 Å². The lowest BCUT2D eigenvalue weighted by atomic mass is 10.2. The van der Waals surface area contributed by atoms with Gasteiger partial charge in [0.25, 0.3) is 5.91 Å². The lowest BCUT2D eigenvalue weighted by Gasteiger charge is -2.14. The summed E-state index contributed by atoms with van der Waals surface area (Å²) in [5, 5.41) is 13.3. The summed E-state index contributed by atoms with van der Waals surface area (Å²) in [6, 6.07) is 7.78. The smallest absolute Gasteiger partial charge is 0.254 e. The number of anilines is 1. The number of benzene rings is 2. The van der Waals surface area contributed by atoms with Gasteiger partial charge in [0.15, 0.2) is 11.0 Å². The number of carbonyl (C=O) groups excluding carboxylic acids is 2. The number of rotatable bonds is 7. The Morgan fingerprint density at radius 3 is 2.58 bits per heavy atom. The quantitative estimate of drug-likeness (QED) is 0.540. The minimum Gasteiger partial charge on any atom is -0.342 e. The molecule has 0 bridgehead atoms. The zero-order chi connectivity index (χ0) is 22.5. The van der Waals surface area contributed by atoms with Gasteiger partial charge >= 0.3 is 0 Å². The summed E-state index contributed by atoms with van der Waals surface area (Å²) < 4.78 is 42.2. The van der Waals surface area contributed by atoms with Crippen LogP contribution in [0, 0.1) is 17.5 Å². The van der Waals surface area contributed by atoms with Crippen molar-refractivity contribution in [1.82, 2.24) is 20.1 Å². The Morgan fingerprint density at radius 2 is 1.84 bits per heavy atom. The molecule has 0 radical (unpaired) electrons. The minimum absolute atomic E-state index is 0.0904. The van der Waals surface area contributed by atoms with Crippen LogP contribution in [0.5, 0.6) is 0 Å². The summed E-state index contributed by atoms with van der Waals surface area (Å²) in [6.45, 7) is 1.66. The molecule has 162 valence electrons. The third-order valence-corrected chi connectivity index (χ3v) is 5.28. The predicted molar refractivity (Wildman–Crippen MR) is 109 cm³/mol. The van der Waals surface area contributed by atoms with Crippen molar-refractivity contribution >= 4 is 29.3 Å². The van der Waals surface area contributed by atoms with Crippen LogP contribution in [0.25, 0.3) is 0 Å². The molecule has 0 saturated carbocycles. The van der Waals surface area contributed by atoms with Gasteiger partial charge in [0.05, 0.1) is 23.0 Å². The first-order chi connectivity index (χ1) is 14.8. The first-order valence-electron chi connectivity index (χ1n) is 9.08. The lowest BCUT2D eigenvalue weighted by Crippen LogP contribution is -2.29. The van der Waals surface area contributed by atoms with Crippen molar-refractivity contribution in [2.75, 3.05) is 11.1 Å². The topological polar surface area (TPSA) is 88.9 Å². The maximum Gasteiger partial charge on any atom is 0.254 e. The van der Waals surface area contributed by atoms with Gasteiger partial charge in [0, 0.05) is 13.1 Å². The summed E-state index contributed by atoms with van der Waals surface area (Å²) in [5.41, 5.74) is -0.346. The highest BCUT2D eigenvalue weighted by molar-refractivity contribution is 7.99. The van der Waals surface area contributed by atoms with Crippen LogP contribution in [0.15, 0.2) is 47.6 Å². The van der Waals surface area contributed by atoms with Crippen LogP contribution in [-0.2, 0) is 11.8 Å². The summed E-state index contributed by atoms with van der Waals surface area (Å²) in [7, 11) is 1.65. The molecule has 0 unspecified atom stereocenters. The first kappa shape index (κ1) is 22.3. The molecule has 3 rings (SSSR count). The molecule has 2 aromatic carbocycles. The number of nitrogens with zero attached hydrogens (tertiary/aromatic N) is 3. The summed E-state index contributed by atoms with van der Waals surface area (Å²) in [4.78, 5) is 24.3. The fourth-order valence-electron chi connectivity index (χ4n) is 2.72.